The van der Waals surface area contributed by atoms with Gasteiger partial charge in [-0.15, -0.1) is 0 Å². The topological polar surface area (TPSA) is 66.0 Å². The van der Waals surface area contributed by atoms with Crippen LogP contribution >= 0.6 is 23.2 Å². The number of carbonyl (C=O) groups is 2. The van der Waals surface area contributed by atoms with E-state index in [0.29, 0.717) is 31.9 Å². The molecule has 4 rings (SSSR count). The highest BCUT2D eigenvalue weighted by atomic mass is 35.5. The smallest absolute Gasteiger partial charge is 0.283 e. The van der Waals surface area contributed by atoms with E-state index in [9.17, 15) is 9.59 Å². The number of amides is 2. The van der Waals surface area contributed by atoms with E-state index in [1.165, 1.54) is 12.3 Å². The lowest BCUT2D eigenvalue weighted by Crippen LogP contribution is -2.47. The van der Waals surface area contributed by atoms with Crippen molar-refractivity contribution in [2.24, 2.45) is 0 Å². The highest BCUT2D eigenvalue weighted by molar-refractivity contribution is 6.52. The number of nitrogens with zero attached hydrogens (tertiary/aromatic N) is 4. The maximum Gasteiger partial charge on any atom is 0.283 e. The lowest BCUT2D eigenvalue weighted by atomic mass is 10.2. The molecule has 0 aliphatic carbocycles. The Morgan fingerprint density at radius 3 is 2.07 bits per heavy atom. The van der Waals surface area contributed by atoms with Crippen molar-refractivity contribution in [2.45, 2.75) is 0 Å². The predicted molar refractivity (Wildman–Crippen MR) is 111 cm³/mol. The quantitative estimate of drug-likeness (QED) is 0.546. The molecule has 3 heterocycles. The Balaban J connectivity index is 1.48. The van der Waals surface area contributed by atoms with Gasteiger partial charge in [-0.25, -0.2) is 9.88 Å². The van der Waals surface area contributed by atoms with Gasteiger partial charge in [-0.3, -0.25) is 9.59 Å². The van der Waals surface area contributed by atoms with Gasteiger partial charge >= 0.3 is 0 Å². The van der Waals surface area contributed by atoms with Gasteiger partial charge in [0.15, 0.2) is 0 Å². The van der Waals surface area contributed by atoms with Crippen LogP contribution in [0.1, 0.15) is 0 Å². The average Bonchev–Trinajstić information content (AvgIpc) is 2.97. The van der Waals surface area contributed by atoms with Gasteiger partial charge in [0, 0.05) is 31.9 Å². The number of aromatic nitrogens is 1. The van der Waals surface area contributed by atoms with Crippen molar-refractivity contribution in [1.29, 1.82) is 0 Å². The molecule has 150 valence electrons. The molecule has 0 saturated carbocycles. The van der Waals surface area contributed by atoms with Gasteiger partial charge in [-0.1, -0.05) is 23.2 Å². The summed E-state index contributed by atoms with van der Waals surface area (Å²) in [5.41, 5.74) is 1.66. The van der Waals surface area contributed by atoms with Crippen molar-refractivity contribution < 1.29 is 14.3 Å². The molecule has 2 aliphatic rings. The summed E-state index contributed by atoms with van der Waals surface area (Å²) in [6, 6.07) is 10.9. The molecule has 0 N–H and O–H groups in total. The molecule has 1 fully saturated rings. The lowest BCUT2D eigenvalue weighted by Gasteiger charge is -2.37. The SMILES string of the molecule is COc1ccc(N2CCN(C3=C(Cl)C(=O)N(c4ccc(Cl)nc4)C3=O)CC2)cc1. The van der Waals surface area contributed by atoms with E-state index in [1.54, 1.807) is 13.2 Å². The first-order chi connectivity index (χ1) is 14.0. The normalized spacial score (nSPS) is 17.4. The lowest BCUT2D eigenvalue weighted by molar-refractivity contribution is -0.121. The summed E-state index contributed by atoms with van der Waals surface area (Å²) in [7, 11) is 1.63. The fraction of sp³-hybridized carbons (Fsp3) is 0.250. The van der Waals surface area contributed by atoms with E-state index in [1.807, 2.05) is 29.2 Å². The van der Waals surface area contributed by atoms with Crippen LogP contribution in [-0.4, -0.2) is 55.0 Å². The van der Waals surface area contributed by atoms with Crippen LogP contribution in [0.2, 0.25) is 5.15 Å². The molecular formula is C20H18Cl2N4O3. The molecule has 9 heteroatoms. The van der Waals surface area contributed by atoms with Crippen LogP contribution in [0, 0.1) is 0 Å². The summed E-state index contributed by atoms with van der Waals surface area (Å²) in [5, 5.41) is 0.213. The fourth-order valence-corrected chi connectivity index (χ4v) is 3.88. The van der Waals surface area contributed by atoms with Crippen molar-refractivity contribution in [2.75, 3.05) is 43.1 Å². The first kappa shape index (κ1) is 19.5. The van der Waals surface area contributed by atoms with Crippen molar-refractivity contribution in [3.8, 4) is 5.75 Å². The van der Waals surface area contributed by atoms with Gasteiger partial charge in [0.1, 0.15) is 21.6 Å². The Morgan fingerprint density at radius 2 is 1.48 bits per heavy atom. The van der Waals surface area contributed by atoms with Gasteiger partial charge in [0.05, 0.1) is 19.0 Å². The molecule has 29 heavy (non-hydrogen) atoms. The van der Waals surface area contributed by atoms with Crippen LogP contribution in [0.5, 0.6) is 5.75 Å². The number of carbonyl (C=O) groups excluding carboxylic acids is 2. The number of pyridine rings is 1. The molecule has 0 spiro atoms. The largest absolute Gasteiger partial charge is 0.497 e. The zero-order valence-corrected chi connectivity index (χ0v) is 17.2. The van der Waals surface area contributed by atoms with E-state index < -0.39 is 11.8 Å². The van der Waals surface area contributed by atoms with E-state index >= 15 is 0 Å². The first-order valence-electron chi connectivity index (χ1n) is 9.03. The number of piperazine rings is 1. The Bertz CT molecular complexity index is 968. The van der Waals surface area contributed by atoms with Crippen LogP contribution < -0.4 is 14.5 Å². The average molecular weight is 433 g/mol. The van der Waals surface area contributed by atoms with Gasteiger partial charge in [-0.2, -0.15) is 0 Å². The number of methoxy groups -OCH3 is 1. The van der Waals surface area contributed by atoms with Crippen molar-refractivity contribution >= 4 is 46.4 Å². The molecule has 2 amide bonds. The monoisotopic (exact) mass is 432 g/mol. The van der Waals surface area contributed by atoms with Gasteiger partial charge in [0.25, 0.3) is 11.8 Å². The van der Waals surface area contributed by atoms with Crippen LogP contribution in [0.3, 0.4) is 0 Å². The Kier molecular flexibility index (Phi) is 5.34. The van der Waals surface area contributed by atoms with E-state index in [2.05, 4.69) is 9.88 Å². The molecule has 0 unspecified atom stereocenters. The third-order valence-electron chi connectivity index (χ3n) is 5.01. The molecule has 0 radical (unpaired) electrons. The molecular weight excluding hydrogens is 415 g/mol. The second-order valence-corrected chi connectivity index (χ2v) is 7.38. The third kappa shape index (κ3) is 3.63. The van der Waals surface area contributed by atoms with E-state index in [-0.39, 0.29) is 15.9 Å². The Morgan fingerprint density at radius 1 is 0.862 bits per heavy atom. The number of anilines is 2. The van der Waals surface area contributed by atoms with Gasteiger partial charge < -0.3 is 14.5 Å². The third-order valence-corrected chi connectivity index (χ3v) is 5.57. The minimum absolute atomic E-state index is 0.0668. The molecule has 1 aromatic heterocycles. The Hall–Kier alpha value is -2.77. The number of hydrogen-bond donors (Lipinski definition) is 0. The van der Waals surface area contributed by atoms with Crippen LogP contribution in [-0.2, 0) is 9.59 Å². The van der Waals surface area contributed by atoms with E-state index in [4.69, 9.17) is 27.9 Å². The van der Waals surface area contributed by atoms with Gasteiger partial charge in [-0.05, 0) is 36.4 Å². The van der Waals surface area contributed by atoms with Crippen LogP contribution in [0.15, 0.2) is 53.3 Å². The summed E-state index contributed by atoms with van der Waals surface area (Å²) in [6.45, 7) is 2.54. The predicted octanol–water partition coefficient (Wildman–Crippen LogP) is 2.89. The summed E-state index contributed by atoms with van der Waals surface area (Å²) in [4.78, 5) is 34.6. The number of halogens is 2. The number of ether oxygens (including phenoxy) is 1. The maximum absolute atomic E-state index is 13.0. The Labute approximate surface area is 178 Å². The molecule has 1 saturated heterocycles. The minimum Gasteiger partial charge on any atom is -0.497 e. The molecule has 0 atom stereocenters. The molecule has 7 nitrogen and oxygen atoms in total. The van der Waals surface area contributed by atoms with Crippen molar-refractivity contribution in [3.63, 3.8) is 0 Å². The zero-order valence-electron chi connectivity index (χ0n) is 15.6. The second kappa shape index (κ2) is 7.93. The van der Waals surface area contributed by atoms with Crippen LogP contribution in [0.25, 0.3) is 0 Å². The maximum atomic E-state index is 13.0. The first-order valence-corrected chi connectivity index (χ1v) is 9.79. The van der Waals surface area contributed by atoms with E-state index in [0.717, 1.165) is 16.3 Å². The minimum atomic E-state index is -0.548. The fourth-order valence-electron chi connectivity index (χ4n) is 3.48. The number of rotatable bonds is 4. The summed E-state index contributed by atoms with van der Waals surface area (Å²) in [6.07, 6.45) is 1.38. The molecule has 1 aromatic carbocycles. The van der Waals surface area contributed by atoms with Crippen LogP contribution in [0.4, 0.5) is 11.4 Å². The molecule has 2 aliphatic heterocycles. The highest BCUT2D eigenvalue weighted by Crippen LogP contribution is 2.32. The summed E-state index contributed by atoms with van der Waals surface area (Å²) in [5.74, 6) is -0.188. The van der Waals surface area contributed by atoms with Gasteiger partial charge in [0.2, 0.25) is 0 Å². The molecule has 0 bridgehead atoms. The second-order valence-electron chi connectivity index (χ2n) is 6.62. The number of imide groups is 1. The zero-order chi connectivity index (χ0) is 20.5. The van der Waals surface area contributed by atoms with Crippen molar-refractivity contribution in [1.82, 2.24) is 9.88 Å². The molecule has 2 aromatic rings. The number of benzene rings is 1. The number of hydrogen-bond acceptors (Lipinski definition) is 6. The summed E-state index contributed by atoms with van der Waals surface area (Å²) >= 11 is 12.1. The summed E-state index contributed by atoms with van der Waals surface area (Å²) < 4.78 is 5.19. The standard InChI is InChI=1S/C20H18Cl2N4O3/c1-29-15-5-2-13(3-6-15)24-8-10-25(11-9-24)18-17(22)19(27)26(20(18)28)14-4-7-16(21)23-12-14/h2-7,12H,8-11H2,1H3. The van der Waals surface area contributed by atoms with Crippen molar-refractivity contribution in [3.05, 3.63) is 58.5 Å². The highest BCUT2D eigenvalue weighted by Gasteiger charge is 2.42.